The van der Waals surface area contributed by atoms with Crippen molar-refractivity contribution < 1.29 is 15.0 Å². The van der Waals surface area contributed by atoms with Gasteiger partial charge in [0.25, 0.3) is 0 Å². The van der Waals surface area contributed by atoms with E-state index in [-0.39, 0.29) is 17.9 Å². The Hall–Kier alpha value is -0.670. The Labute approximate surface area is 140 Å². The molecule has 2 saturated carbocycles. The van der Waals surface area contributed by atoms with Crippen LogP contribution < -0.4 is 0 Å². The summed E-state index contributed by atoms with van der Waals surface area (Å²) in [6.07, 6.45) is 9.13. The highest BCUT2D eigenvalue weighted by Gasteiger charge is 2.61. The van der Waals surface area contributed by atoms with Crippen molar-refractivity contribution in [3.63, 3.8) is 0 Å². The highest BCUT2D eigenvalue weighted by molar-refractivity contribution is 5.73. The number of aliphatic hydroxyl groups is 2. The first-order chi connectivity index (χ1) is 10.8. The number of fused-ring (bicyclic) bond motifs is 3. The second kappa shape index (κ2) is 5.70. The number of aldehydes is 1. The molecule has 0 aromatic carbocycles. The minimum Gasteiger partial charge on any atom is -0.396 e. The minimum atomic E-state index is -0.612. The van der Waals surface area contributed by atoms with Gasteiger partial charge in [0.15, 0.2) is 0 Å². The van der Waals surface area contributed by atoms with Crippen molar-refractivity contribution in [3.8, 4) is 0 Å². The molecular weight excluding hydrogens is 288 g/mol. The summed E-state index contributed by atoms with van der Waals surface area (Å²) in [5, 5.41) is 21.2. The molecule has 0 heterocycles. The summed E-state index contributed by atoms with van der Waals surface area (Å²) in [6.45, 7) is 7.20. The normalized spacial score (nSPS) is 46.1. The molecule has 5 atom stereocenters. The van der Waals surface area contributed by atoms with Crippen molar-refractivity contribution in [1.82, 2.24) is 0 Å². The standard InChI is InChI=1S/C20H32O3/c1-18(2)8-4-9-19(3)15(18)7-10-20(13-22)16(19)6-5-14(12-21)11-17(20)23/h5,12,15-17,22-23H,4,6-11,13H2,1-3H3/t15?,16-,17?,19+,20+/m1/s1. The van der Waals surface area contributed by atoms with Crippen LogP contribution in [0.15, 0.2) is 11.6 Å². The van der Waals surface area contributed by atoms with Gasteiger partial charge in [-0.3, -0.25) is 4.79 Å². The Balaban J connectivity index is 2.06. The van der Waals surface area contributed by atoms with Gasteiger partial charge in [-0.15, -0.1) is 0 Å². The van der Waals surface area contributed by atoms with E-state index in [0.29, 0.717) is 23.3 Å². The first-order valence-electron chi connectivity index (χ1n) is 9.23. The van der Waals surface area contributed by atoms with Gasteiger partial charge in [-0.25, -0.2) is 0 Å². The van der Waals surface area contributed by atoms with E-state index in [4.69, 9.17) is 0 Å². The lowest BCUT2D eigenvalue weighted by Crippen LogP contribution is -2.59. The molecule has 2 fully saturated rings. The van der Waals surface area contributed by atoms with E-state index < -0.39 is 11.5 Å². The van der Waals surface area contributed by atoms with Crippen molar-refractivity contribution >= 4 is 6.29 Å². The van der Waals surface area contributed by atoms with Gasteiger partial charge < -0.3 is 10.2 Å². The van der Waals surface area contributed by atoms with Crippen molar-refractivity contribution in [2.75, 3.05) is 6.61 Å². The Morgan fingerprint density at radius 3 is 2.61 bits per heavy atom. The molecule has 0 amide bonds. The van der Waals surface area contributed by atoms with E-state index >= 15 is 0 Å². The quantitative estimate of drug-likeness (QED) is 0.766. The minimum absolute atomic E-state index is 0.0293. The van der Waals surface area contributed by atoms with Gasteiger partial charge in [0.2, 0.25) is 0 Å². The van der Waals surface area contributed by atoms with Crippen LogP contribution >= 0.6 is 0 Å². The third kappa shape index (κ3) is 2.42. The van der Waals surface area contributed by atoms with E-state index in [9.17, 15) is 15.0 Å². The molecule has 0 radical (unpaired) electrons. The molecule has 0 aliphatic heterocycles. The number of rotatable bonds is 2. The lowest BCUT2D eigenvalue weighted by atomic mass is 9.42. The fourth-order valence-electron chi connectivity index (χ4n) is 6.62. The van der Waals surface area contributed by atoms with Crippen LogP contribution in [0.2, 0.25) is 0 Å². The van der Waals surface area contributed by atoms with E-state index in [2.05, 4.69) is 20.8 Å². The van der Waals surface area contributed by atoms with Crippen LogP contribution in [0.3, 0.4) is 0 Å². The Morgan fingerprint density at radius 2 is 1.96 bits per heavy atom. The van der Waals surface area contributed by atoms with Crippen molar-refractivity contribution in [1.29, 1.82) is 0 Å². The zero-order valence-electron chi connectivity index (χ0n) is 14.8. The third-order valence-electron chi connectivity index (χ3n) is 7.82. The largest absolute Gasteiger partial charge is 0.396 e. The fraction of sp³-hybridized carbons (Fsp3) is 0.850. The van der Waals surface area contributed by atoms with Crippen molar-refractivity contribution in [2.24, 2.45) is 28.1 Å². The van der Waals surface area contributed by atoms with Crippen LogP contribution in [-0.4, -0.2) is 29.2 Å². The average molecular weight is 320 g/mol. The topological polar surface area (TPSA) is 57.5 Å². The highest BCUT2D eigenvalue weighted by atomic mass is 16.3. The second-order valence-electron chi connectivity index (χ2n) is 9.24. The molecular formula is C20H32O3. The molecule has 3 heteroatoms. The predicted molar refractivity (Wildman–Crippen MR) is 90.9 cm³/mol. The third-order valence-corrected chi connectivity index (χ3v) is 7.82. The molecule has 3 aliphatic carbocycles. The van der Waals surface area contributed by atoms with Gasteiger partial charge in [-0.2, -0.15) is 0 Å². The van der Waals surface area contributed by atoms with E-state index in [0.717, 1.165) is 25.5 Å². The molecule has 0 bridgehead atoms. The van der Waals surface area contributed by atoms with Crippen molar-refractivity contribution in [3.05, 3.63) is 11.6 Å². The Morgan fingerprint density at radius 1 is 1.22 bits per heavy atom. The van der Waals surface area contributed by atoms with Crippen LogP contribution in [0.5, 0.6) is 0 Å². The zero-order chi connectivity index (χ0) is 16.9. The number of carbonyl (C=O) groups is 1. The average Bonchev–Trinajstić information content (AvgIpc) is 2.64. The summed E-state index contributed by atoms with van der Waals surface area (Å²) >= 11 is 0. The monoisotopic (exact) mass is 320 g/mol. The molecule has 2 unspecified atom stereocenters. The zero-order valence-corrected chi connectivity index (χ0v) is 14.8. The number of carbonyl (C=O) groups excluding carboxylic acids is 1. The summed E-state index contributed by atoms with van der Waals surface area (Å²) in [4.78, 5) is 11.3. The highest BCUT2D eigenvalue weighted by Crippen LogP contribution is 2.66. The molecule has 0 spiro atoms. The predicted octanol–water partition coefficient (Wildman–Crippen LogP) is 3.49. The summed E-state index contributed by atoms with van der Waals surface area (Å²) in [6, 6.07) is 0. The van der Waals surface area contributed by atoms with E-state index in [1.165, 1.54) is 19.3 Å². The molecule has 0 saturated heterocycles. The first-order valence-corrected chi connectivity index (χ1v) is 9.23. The van der Waals surface area contributed by atoms with Gasteiger partial charge in [-0.05, 0) is 60.3 Å². The van der Waals surface area contributed by atoms with Gasteiger partial charge in [0.1, 0.15) is 6.29 Å². The summed E-state index contributed by atoms with van der Waals surface area (Å²) in [5.41, 5.74) is 0.719. The van der Waals surface area contributed by atoms with Gasteiger partial charge in [0.05, 0.1) is 12.7 Å². The maximum atomic E-state index is 11.3. The molecule has 3 aliphatic rings. The lowest BCUT2D eigenvalue weighted by Gasteiger charge is -2.63. The molecule has 0 aromatic heterocycles. The van der Waals surface area contributed by atoms with Crippen LogP contribution in [-0.2, 0) is 4.79 Å². The molecule has 130 valence electrons. The lowest BCUT2D eigenvalue weighted by molar-refractivity contribution is -0.181. The van der Waals surface area contributed by atoms with Gasteiger partial charge >= 0.3 is 0 Å². The van der Waals surface area contributed by atoms with Crippen LogP contribution in [0.25, 0.3) is 0 Å². The van der Waals surface area contributed by atoms with Crippen molar-refractivity contribution in [2.45, 2.75) is 71.8 Å². The van der Waals surface area contributed by atoms with E-state index in [1.54, 1.807) is 0 Å². The molecule has 2 N–H and O–H groups in total. The van der Waals surface area contributed by atoms with Crippen LogP contribution in [0, 0.1) is 28.1 Å². The summed E-state index contributed by atoms with van der Waals surface area (Å²) < 4.78 is 0. The van der Waals surface area contributed by atoms with Gasteiger partial charge in [-0.1, -0.05) is 33.3 Å². The smallest absolute Gasteiger partial charge is 0.145 e. The molecule has 3 nitrogen and oxygen atoms in total. The number of hydrogen-bond acceptors (Lipinski definition) is 3. The number of hydrogen-bond donors (Lipinski definition) is 2. The molecule has 23 heavy (non-hydrogen) atoms. The summed E-state index contributed by atoms with van der Waals surface area (Å²) in [7, 11) is 0. The van der Waals surface area contributed by atoms with E-state index in [1.807, 2.05) is 6.08 Å². The Bertz CT molecular complexity index is 509. The SMILES string of the molecule is CC1(C)CCC[C@@]2(C)C1CC[C@@]1(CO)C(O)CC(C=O)=CC[C@@H]12. The summed E-state index contributed by atoms with van der Waals surface area (Å²) in [5.74, 6) is 0.887. The maximum absolute atomic E-state index is 11.3. The van der Waals surface area contributed by atoms with Gasteiger partial charge in [0, 0.05) is 11.8 Å². The first kappa shape index (κ1) is 17.2. The molecule has 0 aromatic rings. The Kier molecular flexibility index (Phi) is 4.25. The fourth-order valence-corrected chi connectivity index (χ4v) is 6.62. The second-order valence-corrected chi connectivity index (χ2v) is 9.24. The maximum Gasteiger partial charge on any atom is 0.145 e. The molecule has 3 rings (SSSR count). The number of aliphatic hydroxyl groups excluding tert-OH is 2. The van der Waals surface area contributed by atoms with Crippen LogP contribution in [0.1, 0.15) is 65.7 Å². The van der Waals surface area contributed by atoms with Crippen LogP contribution in [0.4, 0.5) is 0 Å². The number of allylic oxidation sites excluding steroid dienone is 1.